The summed E-state index contributed by atoms with van der Waals surface area (Å²) in [5.74, 6) is 1.03. The van der Waals surface area contributed by atoms with Crippen molar-refractivity contribution in [3.8, 4) is 0 Å². The second-order valence-corrected chi connectivity index (χ2v) is 11.6. The minimum absolute atomic E-state index is 0.0634. The Balaban J connectivity index is 1.59. The maximum Gasteiger partial charge on any atom is 0.153 e. The van der Waals surface area contributed by atoms with Crippen molar-refractivity contribution in [3.63, 3.8) is 0 Å². The van der Waals surface area contributed by atoms with Crippen LogP contribution in [0.25, 0.3) is 0 Å². The minimum atomic E-state index is -1.39. The molecule has 0 aliphatic carbocycles. The van der Waals surface area contributed by atoms with E-state index in [0.29, 0.717) is 10.3 Å². The first kappa shape index (κ1) is 21.9. The zero-order valence-electron chi connectivity index (χ0n) is 17.6. The monoisotopic (exact) mass is 496 g/mol. The maximum atomic E-state index is 12.2. The van der Waals surface area contributed by atoms with E-state index in [-0.39, 0.29) is 17.9 Å². The second-order valence-electron chi connectivity index (χ2n) is 9.11. The minimum Gasteiger partial charge on any atom is -0.390 e. The molecule has 1 saturated heterocycles. The summed E-state index contributed by atoms with van der Waals surface area (Å²) in [4.78, 5) is 11.4. The number of anilines is 1. The summed E-state index contributed by atoms with van der Waals surface area (Å²) >= 11 is 3.41. The van der Waals surface area contributed by atoms with E-state index < -0.39 is 15.7 Å². The van der Waals surface area contributed by atoms with Crippen LogP contribution in [0.1, 0.15) is 56.1 Å². The summed E-state index contributed by atoms with van der Waals surface area (Å²) in [6.45, 7) is 8.27. The zero-order valence-corrected chi connectivity index (χ0v) is 20.0. The lowest BCUT2D eigenvalue weighted by Crippen LogP contribution is -2.45. The number of rotatable bonds is 5. The van der Waals surface area contributed by atoms with Crippen LogP contribution in [0.15, 0.2) is 16.9 Å². The molecular formula is C20H29BrN6O2S. The molecule has 0 radical (unpaired) electrons. The van der Waals surface area contributed by atoms with Gasteiger partial charge in [0.15, 0.2) is 5.82 Å². The van der Waals surface area contributed by atoms with E-state index in [4.69, 9.17) is 10.1 Å². The van der Waals surface area contributed by atoms with Gasteiger partial charge in [-0.25, -0.2) is 14.2 Å². The van der Waals surface area contributed by atoms with Crippen molar-refractivity contribution >= 4 is 32.7 Å². The Kier molecular flexibility index (Phi) is 5.80. The number of piperidine rings is 1. The number of nitrogens with zero attached hydrogens (tertiary/aromatic N) is 5. The summed E-state index contributed by atoms with van der Waals surface area (Å²) < 4.78 is 14.5. The second kappa shape index (κ2) is 7.96. The highest BCUT2D eigenvalue weighted by atomic mass is 79.9. The molecule has 3 N–H and O–H groups in total. The van der Waals surface area contributed by atoms with Crippen LogP contribution in [0.2, 0.25) is 0 Å². The first-order valence-electron chi connectivity index (χ1n) is 10.2. The highest BCUT2D eigenvalue weighted by Crippen LogP contribution is 2.54. The number of nitrogens with two attached hydrogens (primary N) is 1. The molecule has 1 spiro atoms. The van der Waals surface area contributed by atoms with Crippen molar-refractivity contribution < 1.29 is 9.32 Å². The molecule has 2 aromatic rings. The summed E-state index contributed by atoms with van der Waals surface area (Å²) in [6, 6.07) is 2.09. The summed E-state index contributed by atoms with van der Waals surface area (Å²) in [7, 11) is -1.39. The van der Waals surface area contributed by atoms with Gasteiger partial charge in [-0.3, -0.25) is 9.82 Å². The van der Waals surface area contributed by atoms with Crippen molar-refractivity contribution in [3.05, 3.63) is 33.9 Å². The van der Waals surface area contributed by atoms with Gasteiger partial charge in [0.25, 0.3) is 0 Å². The van der Waals surface area contributed by atoms with E-state index in [1.54, 1.807) is 0 Å². The number of aromatic nitrogens is 4. The fraction of sp³-hybridized carbons (Fsp3) is 0.650. The van der Waals surface area contributed by atoms with E-state index >= 15 is 0 Å². The van der Waals surface area contributed by atoms with Crippen molar-refractivity contribution in [1.82, 2.24) is 19.7 Å². The molecule has 10 heteroatoms. The molecular weight excluding hydrogens is 468 g/mol. The molecule has 2 aromatic heterocycles. The van der Waals surface area contributed by atoms with E-state index in [0.717, 1.165) is 50.4 Å². The lowest BCUT2D eigenvalue weighted by molar-refractivity contribution is 0.155. The van der Waals surface area contributed by atoms with Crippen molar-refractivity contribution in [2.24, 2.45) is 10.6 Å². The van der Waals surface area contributed by atoms with Gasteiger partial charge in [-0.2, -0.15) is 5.10 Å². The Morgan fingerprint density at radius 3 is 2.70 bits per heavy atom. The number of fused-ring (bicyclic) bond motifs is 1. The summed E-state index contributed by atoms with van der Waals surface area (Å²) in [5.41, 5.74) is 2.69. The van der Waals surface area contributed by atoms with Gasteiger partial charge in [-0.05, 0) is 62.0 Å². The van der Waals surface area contributed by atoms with Crippen LogP contribution in [0.5, 0.6) is 0 Å². The van der Waals surface area contributed by atoms with Gasteiger partial charge in [-0.1, -0.05) is 0 Å². The van der Waals surface area contributed by atoms with Gasteiger partial charge >= 0.3 is 0 Å². The largest absolute Gasteiger partial charge is 0.390 e. The van der Waals surface area contributed by atoms with E-state index in [2.05, 4.69) is 41.7 Å². The Bertz CT molecular complexity index is 970. The predicted octanol–water partition coefficient (Wildman–Crippen LogP) is 2.41. The molecule has 4 rings (SSSR count). The molecule has 2 aliphatic rings. The Morgan fingerprint density at radius 2 is 2.07 bits per heavy atom. The van der Waals surface area contributed by atoms with Crippen LogP contribution in [-0.4, -0.2) is 46.9 Å². The molecule has 2 aliphatic heterocycles. The van der Waals surface area contributed by atoms with Gasteiger partial charge in [0.1, 0.15) is 10.3 Å². The molecule has 1 fully saturated rings. The molecule has 0 saturated carbocycles. The van der Waals surface area contributed by atoms with Crippen LogP contribution in [0.4, 0.5) is 5.82 Å². The molecule has 1 unspecified atom stereocenters. The Labute approximate surface area is 188 Å². The fourth-order valence-electron chi connectivity index (χ4n) is 4.94. The van der Waals surface area contributed by atoms with Gasteiger partial charge < -0.3 is 10.0 Å². The SMILES string of the molecule is Cc1nc(N2CCC3(CC2)Cn2nccc2[C@H]3CC(C)(C)S(N)=O)c(CO)nc1Br. The van der Waals surface area contributed by atoms with E-state index in [1.165, 1.54) is 5.69 Å². The van der Waals surface area contributed by atoms with Crippen molar-refractivity contribution in [1.29, 1.82) is 0 Å². The predicted molar refractivity (Wildman–Crippen MR) is 120 cm³/mol. The van der Waals surface area contributed by atoms with Crippen LogP contribution >= 0.6 is 15.9 Å². The van der Waals surface area contributed by atoms with Crippen LogP contribution in [0, 0.1) is 12.3 Å². The first-order chi connectivity index (χ1) is 14.2. The average Bonchev–Trinajstić information content (AvgIpc) is 3.25. The summed E-state index contributed by atoms with van der Waals surface area (Å²) in [5, 5.41) is 20.1. The zero-order chi connectivity index (χ0) is 21.7. The Morgan fingerprint density at radius 1 is 1.37 bits per heavy atom. The highest BCUT2D eigenvalue weighted by molar-refractivity contribution is 9.10. The number of aliphatic hydroxyl groups excluding tert-OH is 1. The lowest BCUT2D eigenvalue weighted by atomic mass is 9.67. The first-order valence-corrected chi connectivity index (χ1v) is 12.2. The molecule has 0 amide bonds. The van der Waals surface area contributed by atoms with Gasteiger partial charge in [0.05, 0.1) is 28.0 Å². The smallest absolute Gasteiger partial charge is 0.153 e. The molecule has 2 atom stereocenters. The van der Waals surface area contributed by atoms with Gasteiger partial charge in [0, 0.05) is 42.9 Å². The topological polar surface area (TPSA) is 110 Å². The van der Waals surface area contributed by atoms with Gasteiger partial charge in [-0.15, -0.1) is 0 Å². The number of hydrogen-bond donors (Lipinski definition) is 2. The number of aliphatic hydroxyl groups is 1. The Hall–Kier alpha value is -1.36. The van der Waals surface area contributed by atoms with Crippen molar-refractivity contribution in [2.75, 3.05) is 18.0 Å². The van der Waals surface area contributed by atoms with Gasteiger partial charge in [0.2, 0.25) is 0 Å². The van der Waals surface area contributed by atoms with Crippen LogP contribution in [-0.2, 0) is 24.1 Å². The standard InChI is InChI=1S/C20H29BrN6O2S/c1-13-17(21)25-15(11-28)18(24-13)26-8-5-20(6-9-26)12-27-16(4-7-23-27)14(20)10-19(2,3)30(22)29/h4,7,14,28H,5-6,8-12,22H2,1-3H3/t14-,30?/m1/s1. The average molecular weight is 497 g/mol. The van der Waals surface area contributed by atoms with Crippen LogP contribution in [0.3, 0.4) is 0 Å². The summed E-state index contributed by atoms with van der Waals surface area (Å²) in [6.07, 6.45) is 4.55. The van der Waals surface area contributed by atoms with E-state index in [9.17, 15) is 9.32 Å². The lowest BCUT2D eigenvalue weighted by Gasteiger charge is -2.44. The number of aryl methyl sites for hydroxylation is 1. The highest BCUT2D eigenvalue weighted by Gasteiger charge is 2.50. The molecule has 30 heavy (non-hydrogen) atoms. The molecule has 164 valence electrons. The molecule has 0 aromatic carbocycles. The molecule has 4 heterocycles. The third kappa shape index (κ3) is 3.72. The third-order valence-electron chi connectivity index (χ3n) is 6.82. The maximum absolute atomic E-state index is 12.2. The normalized spacial score (nSPS) is 21.8. The number of halogens is 1. The van der Waals surface area contributed by atoms with Crippen LogP contribution < -0.4 is 10.0 Å². The quantitative estimate of drug-likeness (QED) is 0.657. The fourth-order valence-corrected chi connectivity index (χ4v) is 5.57. The van der Waals surface area contributed by atoms with Crippen molar-refractivity contribution in [2.45, 2.75) is 63.9 Å². The molecule has 8 nitrogen and oxygen atoms in total. The molecule has 0 bridgehead atoms. The van der Waals surface area contributed by atoms with E-state index in [1.807, 2.05) is 27.0 Å². The third-order valence-corrected chi connectivity index (χ3v) is 8.83. The number of hydrogen-bond acceptors (Lipinski definition) is 6.